The molecule has 0 fully saturated rings. The van der Waals surface area contributed by atoms with Crippen molar-refractivity contribution in [1.82, 2.24) is 4.57 Å². The molecule has 2 aliphatic rings. The van der Waals surface area contributed by atoms with Crippen LogP contribution in [0, 0.1) is 0 Å². The van der Waals surface area contributed by atoms with Gasteiger partial charge in [-0.05, 0) is 77.9 Å². The predicted octanol–water partition coefficient (Wildman–Crippen LogP) is 12.5. The third-order valence-corrected chi connectivity index (χ3v) is 10.7. The fourth-order valence-corrected chi connectivity index (χ4v) is 8.60. The van der Waals surface area contributed by atoms with Crippen LogP contribution in [0.4, 0.5) is 17.1 Å². The highest BCUT2D eigenvalue weighted by atomic mass is 32.1. The van der Waals surface area contributed by atoms with Gasteiger partial charge in [-0.3, -0.25) is 4.57 Å². The molecule has 0 spiro atoms. The van der Waals surface area contributed by atoms with Gasteiger partial charge in [0.25, 0.3) is 0 Å². The number of rotatable bonds is 4. The van der Waals surface area contributed by atoms with E-state index in [2.05, 4.69) is 137 Å². The number of hydrogen-bond acceptors (Lipinski definition) is 4. The molecule has 0 saturated carbocycles. The molecule has 7 aromatic carbocycles. The second kappa shape index (κ2) is 9.25. The van der Waals surface area contributed by atoms with E-state index in [1.807, 2.05) is 29.5 Å². The van der Waals surface area contributed by atoms with Crippen LogP contribution >= 0.6 is 11.3 Å². The molecule has 0 amide bonds. The second-order valence-corrected chi connectivity index (χ2v) is 13.2. The highest BCUT2D eigenvalue weighted by Crippen LogP contribution is 2.57. The van der Waals surface area contributed by atoms with Crippen molar-refractivity contribution in [2.45, 2.75) is 0 Å². The molecular formula is C42H24N2O2S. The predicted molar refractivity (Wildman–Crippen MR) is 194 cm³/mol. The van der Waals surface area contributed by atoms with Crippen molar-refractivity contribution in [2.24, 2.45) is 0 Å². The summed E-state index contributed by atoms with van der Waals surface area (Å²) < 4.78 is 18.3. The van der Waals surface area contributed by atoms with Crippen molar-refractivity contribution < 1.29 is 9.47 Å². The molecule has 0 radical (unpaired) electrons. The van der Waals surface area contributed by atoms with Gasteiger partial charge in [-0.15, -0.1) is 11.3 Å². The first-order chi connectivity index (χ1) is 23.3. The van der Waals surface area contributed by atoms with Crippen LogP contribution in [0.15, 0.2) is 146 Å². The van der Waals surface area contributed by atoms with Crippen LogP contribution in [-0.2, 0) is 0 Å². The van der Waals surface area contributed by atoms with Gasteiger partial charge in [0, 0.05) is 42.3 Å². The van der Waals surface area contributed by atoms with E-state index in [-0.39, 0.29) is 0 Å². The van der Waals surface area contributed by atoms with Crippen molar-refractivity contribution in [3.05, 3.63) is 146 Å². The molecule has 0 unspecified atom stereocenters. The topological polar surface area (TPSA) is 26.6 Å². The number of benzene rings is 7. The Morgan fingerprint density at radius 2 is 1.17 bits per heavy atom. The first kappa shape index (κ1) is 25.2. The summed E-state index contributed by atoms with van der Waals surface area (Å²) in [6.45, 7) is 0. The van der Waals surface area contributed by atoms with Crippen molar-refractivity contribution >= 4 is 70.4 Å². The van der Waals surface area contributed by atoms with Crippen LogP contribution in [0.25, 0.3) is 58.8 Å². The molecule has 0 aliphatic carbocycles. The Morgan fingerprint density at radius 3 is 2.11 bits per heavy atom. The van der Waals surface area contributed by atoms with E-state index in [0.29, 0.717) is 0 Å². The number of ether oxygens (including phenoxy) is 2. The Labute approximate surface area is 273 Å². The summed E-state index contributed by atoms with van der Waals surface area (Å²) in [6, 6.07) is 51.7. The number of hydrogen-bond donors (Lipinski definition) is 0. The van der Waals surface area contributed by atoms with Gasteiger partial charge in [0.1, 0.15) is 5.69 Å². The second-order valence-electron chi connectivity index (χ2n) is 12.1. The van der Waals surface area contributed by atoms with Crippen LogP contribution in [0.5, 0.6) is 23.0 Å². The van der Waals surface area contributed by atoms with Crippen molar-refractivity contribution in [3.63, 3.8) is 0 Å². The zero-order valence-corrected chi connectivity index (χ0v) is 25.8. The van der Waals surface area contributed by atoms with Crippen molar-refractivity contribution in [2.75, 3.05) is 4.90 Å². The molecule has 0 saturated heterocycles. The average Bonchev–Trinajstić information content (AvgIpc) is 3.67. The van der Waals surface area contributed by atoms with Gasteiger partial charge >= 0.3 is 0 Å². The largest absolute Gasteiger partial charge is 0.453 e. The summed E-state index contributed by atoms with van der Waals surface area (Å²) in [5.41, 5.74) is 8.53. The Hall–Kier alpha value is -6.04. The minimum atomic E-state index is 0.785. The van der Waals surface area contributed by atoms with Crippen LogP contribution in [0.2, 0.25) is 0 Å². The third-order valence-electron chi connectivity index (χ3n) is 9.54. The fraction of sp³-hybridized carbons (Fsp3) is 0. The molecule has 4 nitrogen and oxygen atoms in total. The normalized spacial score (nSPS) is 12.6. The van der Waals surface area contributed by atoms with Crippen LogP contribution < -0.4 is 14.4 Å². The highest BCUT2D eigenvalue weighted by Gasteiger charge is 2.34. The van der Waals surface area contributed by atoms with Crippen LogP contribution in [0.3, 0.4) is 0 Å². The Bertz CT molecular complexity index is 2760. The van der Waals surface area contributed by atoms with E-state index >= 15 is 0 Å². The summed E-state index contributed by atoms with van der Waals surface area (Å²) >= 11 is 1.84. The fourth-order valence-electron chi connectivity index (χ4n) is 7.52. The quantitative estimate of drug-likeness (QED) is 0.196. The molecule has 0 bridgehead atoms. The average molecular weight is 621 g/mol. The number of fused-ring (bicyclic) bond motifs is 4. The van der Waals surface area contributed by atoms with Crippen molar-refractivity contribution in [3.8, 4) is 39.8 Å². The molecule has 2 aliphatic heterocycles. The van der Waals surface area contributed by atoms with Gasteiger partial charge in [-0.1, -0.05) is 78.9 Å². The number of para-hydroxylation sites is 2. The zero-order chi connectivity index (χ0) is 30.6. The SMILES string of the molecule is c1ccc(-c2cccc(N(c3ccc4sc5ccccc5c4c3)c3ccc4c5cccc6c5n5c4c3Oc3cccc(c3-5)O6)c2)cc1. The highest BCUT2D eigenvalue weighted by molar-refractivity contribution is 7.25. The van der Waals surface area contributed by atoms with Gasteiger partial charge in [0.2, 0.25) is 0 Å². The summed E-state index contributed by atoms with van der Waals surface area (Å²) in [5, 5.41) is 4.82. The lowest BCUT2D eigenvalue weighted by atomic mass is 10.0. The van der Waals surface area contributed by atoms with Gasteiger partial charge in [-0.25, -0.2) is 0 Å². The van der Waals surface area contributed by atoms with E-state index in [1.54, 1.807) is 0 Å². The molecule has 9 aromatic rings. The van der Waals surface area contributed by atoms with Gasteiger partial charge in [0.05, 0.1) is 16.7 Å². The van der Waals surface area contributed by atoms with Gasteiger partial charge in [0.15, 0.2) is 23.0 Å². The van der Waals surface area contributed by atoms with Crippen LogP contribution in [-0.4, -0.2) is 4.57 Å². The first-order valence-corrected chi connectivity index (χ1v) is 16.6. The third kappa shape index (κ3) is 3.46. The van der Waals surface area contributed by atoms with E-state index < -0.39 is 0 Å². The first-order valence-electron chi connectivity index (χ1n) is 15.8. The maximum atomic E-state index is 6.96. The minimum absolute atomic E-state index is 0.785. The van der Waals surface area contributed by atoms with E-state index in [9.17, 15) is 0 Å². The summed E-state index contributed by atoms with van der Waals surface area (Å²) in [5.74, 6) is 3.28. The summed E-state index contributed by atoms with van der Waals surface area (Å²) in [6.07, 6.45) is 0. The zero-order valence-electron chi connectivity index (χ0n) is 25.0. The summed E-state index contributed by atoms with van der Waals surface area (Å²) in [7, 11) is 0. The standard InChI is InChI=1S/C42H24N2O2S/c1-2-9-25(10-3-1)26-11-6-12-27(23-26)43(28-19-22-38-32(24-28)29-13-4-5-18-37(29)47-38)33-21-20-31-30-14-7-15-34-39(30)44-40(31)42(33)46-36-17-8-16-35(45-34)41(36)44/h1-24H. The van der Waals surface area contributed by atoms with E-state index in [4.69, 9.17) is 9.47 Å². The molecule has 0 atom stereocenters. The van der Waals surface area contributed by atoms with E-state index in [1.165, 1.54) is 25.7 Å². The molecule has 47 heavy (non-hydrogen) atoms. The maximum absolute atomic E-state index is 6.96. The van der Waals surface area contributed by atoms with Crippen LogP contribution in [0.1, 0.15) is 0 Å². The molecule has 2 aromatic heterocycles. The Kier molecular flexibility index (Phi) is 4.96. The lowest BCUT2D eigenvalue weighted by Gasteiger charge is -2.31. The monoisotopic (exact) mass is 620 g/mol. The number of aromatic nitrogens is 1. The lowest BCUT2D eigenvalue weighted by molar-refractivity contribution is 0.444. The molecular weight excluding hydrogens is 597 g/mol. The minimum Gasteiger partial charge on any atom is -0.453 e. The number of nitrogens with zero attached hydrogens (tertiary/aromatic N) is 2. The summed E-state index contributed by atoms with van der Waals surface area (Å²) in [4.78, 5) is 2.35. The Morgan fingerprint density at radius 1 is 0.468 bits per heavy atom. The van der Waals surface area contributed by atoms with E-state index in [0.717, 1.165) is 73.1 Å². The van der Waals surface area contributed by atoms with Gasteiger partial charge in [-0.2, -0.15) is 0 Å². The molecule has 0 N–H and O–H groups in total. The molecule has 11 rings (SSSR count). The number of thiophene rings is 1. The maximum Gasteiger partial charge on any atom is 0.176 e. The molecule has 4 heterocycles. The smallest absolute Gasteiger partial charge is 0.176 e. The number of anilines is 3. The lowest BCUT2D eigenvalue weighted by Crippen LogP contribution is -2.14. The molecule has 5 heteroatoms. The Balaban J connectivity index is 1.23. The van der Waals surface area contributed by atoms with Crippen molar-refractivity contribution in [1.29, 1.82) is 0 Å². The van der Waals surface area contributed by atoms with Gasteiger partial charge < -0.3 is 14.4 Å². The molecule has 220 valence electrons.